The molecule has 21 nitrogen and oxygen atoms in total. The van der Waals surface area contributed by atoms with Crippen molar-refractivity contribution in [2.45, 2.75) is 227 Å². The molecule has 15 atom stereocenters. The first-order chi connectivity index (χ1) is 43.5. The van der Waals surface area contributed by atoms with E-state index in [0.29, 0.717) is 107 Å². The van der Waals surface area contributed by atoms with Gasteiger partial charge in [0.25, 0.3) is 11.7 Å². The first-order valence-corrected chi connectivity index (χ1v) is 34.6. The van der Waals surface area contributed by atoms with E-state index in [1.807, 2.05) is 96.3 Å². The molecule has 1 aliphatic carbocycles. The Labute approximate surface area is 570 Å². The van der Waals surface area contributed by atoms with Crippen LogP contribution in [-0.4, -0.2) is 157 Å². The van der Waals surface area contributed by atoms with Crippen molar-refractivity contribution >= 4 is 110 Å². The predicted octanol–water partition coefficient (Wildman–Crippen LogP) is 10.6. The number of rotatable bonds is 16. The molecule has 3 heterocycles. The summed E-state index contributed by atoms with van der Waals surface area (Å²) in [6.07, 6.45) is 11.5. The Morgan fingerprint density at radius 1 is 0.793 bits per heavy atom. The van der Waals surface area contributed by atoms with Gasteiger partial charge in [0, 0.05) is 78.7 Å². The van der Waals surface area contributed by atoms with Crippen molar-refractivity contribution in [3.05, 3.63) is 65.9 Å². The van der Waals surface area contributed by atoms with Gasteiger partial charge in [0.1, 0.15) is 36.2 Å². The maximum Gasteiger partial charge on any atom is 0.340 e. The summed E-state index contributed by atoms with van der Waals surface area (Å²) < 4.78 is 42.6. The maximum absolute atomic E-state index is 14.7. The number of aliphatic hydroxyl groups excluding tert-OH is 1. The molecule has 1 aromatic carbocycles. The van der Waals surface area contributed by atoms with Crippen molar-refractivity contribution in [1.29, 1.82) is 0 Å². The molecular weight excluding hydrogens is 1410 g/mol. The molecule has 92 heavy (non-hydrogen) atoms. The standard InChI is InChI=1S/C69H99I2N3O18/c1-38-22-16-14-17-23-39(2)53(86-11)36-49-28-26-44(7)69(85,92-49)65(81)66(82)74-30-20-19-24-50(74)67(83)91-54(37-51(77)40(3)33-43(6)63(80)64(88-13)62(79)42(5)32-38)41(4)34-48-27-29-52(55(35-48)87-12)90-56(78)25-18-15-21-31-89-68(84)57-58(70)60(72-46(9)75)45(8)61(59(57)71)73-47(10)76/h14,16-17,22-23,33,38,40-42,44,48-50,52-55,63-64,80,85H,15,18-21,24-32,34-37H2,1-13H3,(H,72,75)(H,73,76)/b17-14+,22-16+,39-23+,43-33+/t38-,40-,41-,42-,44-,48+,49+,50+,52-,53+,54+,55-,63-,64+,69-/m1/s1. The van der Waals surface area contributed by atoms with Crippen molar-refractivity contribution < 1.29 is 86.5 Å². The zero-order valence-electron chi connectivity index (χ0n) is 55.9. The van der Waals surface area contributed by atoms with E-state index >= 15 is 0 Å². The van der Waals surface area contributed by atoms with E-state index in [0.717, 1.165) is 5.57 Å². The number of carbonyl (C=O) groups excluding carboxylic acids is 9. The van der Waals surface area contributed by atoms with Gasteiger partial charge in [-0.05, 0) is 184 Å². The van der Waals surface area contributed by atoms with Gasteiger partial charge >= 0.3 is 17.9 Å². The number of halogens is 2. The number of cyclic esters (lactones) is 1. The van der Waals surface area contributed by atoms with Gasteiger partial charge in [-0.1, -0.05) is 71.1 Å². The van der Waals surface area contributed by atoms with Crippen LogP contribution in [0.4, 0.5) is 11.4 Å². The van der Waals surface area contributed by atoms with Crippen molar-refractivity contribution in [3.63, 3.8) is 0 Å². The Morgan fingerprint density at radius 2 is 1.47 bits per heavy atom. The van der Waals surface area contributed by atoms with E-state index in [2.05, 4.69) is 10.6 Å². The van der Waals surface area contributed by atoms with Gasteiger partial charge in [0.2, 0.25) is 17.6 Å². The number of carbonyl (C=O) groups is 9. The second kappa shape index (κ2) is 36.9. The van der Waals surface area contributed by atoms with E-state index in [1.54, 1.807) is 54.9 Å². The van der Waals surface area contributed by atoms with Gasteiger partial charge in [-0.2, -0.15) is 0 Å². The minimum absolute atomic E-state index is 0.0193. The number of ketones is 3. The summed E-state index contributed by atoms with van der Waals surface area (Å²) in [5.41, 5.74) is 2.80. The van der Waals surface area contributed by atoms with Crippen molar-refractivity contribution in [1.82, 2.24) is 4.90 Å². The quantitative estimate of drug-likeness (QED) is 0.0299. The SMILES string of the molecule is CO[C@H]1C[C@@H]2CC[C@@H](C)[C@@](O)(O2)C(=O)C(=O)N2CCCC[C@H]2C(=O)O[C@H]([C@H](C)C[C@@H]2CC[C@@H](OC(=O)CCCCCOC(=O)c3c(I)c(NC(C)=O)c(C)c(NC(C)=O)c3I)[C@H](OC)C2)CC(=O)[C@H](C)/C=C(\C)[C@@H](O)[C@@H](OC)C(=O)[C@H](C)C[C@H](C)/C=C/C=C/C=C/1C. The van der Waals surface area contributed by atoms with Gasteiger partial charge < -0.3 is 58.9 Å². The Morgan fingerprint density at radius 3 is 2.10 bits per heavy atom. The summed E-state index contributed by atoms with van der Waals surface area (Å²) in [4.78, 5) is 124. The molecule has 1 aromatic rings. The number of methoxy groups -OCH3 is 3. The predicted molar refractivity (Wildman–Crippen MR) is 363 cm³/mol. The van der Waals surface area contributed by atoms with Crippen LogP contribution in [-0.2, 0) is 71.5 Å². The van der Waals surface area contributed by atoms with Crippen LogP contribution >= 0.6 is 45.2 Å². The number of Topliss-reactive ketones (excluding diaryl/α,β-unsaturated/α-hetero) is 3. The van der Waals surface area contributed by atoms with Gasteiger partial charge in [-0.3, -0.25) is 33.6 Å². The summed E-state index contributed by atoms with van der Waals surface area (Å²) in [6.45, 7) is 17.1. The van der Waals surface area contributed by atoms with E-state index in [-0.39, 0.29) is 79.6 Å². The highest BCUT2D eigenvalue weighted by molar-refractivity contribution is 14.1. The lowest BCUT2D eigenvalue weighted by atomic mass is 9.78. The molecule has 1 saturated carbocycles. The largest absolute Gasteiger partial charge is 0.462 e. The number of ether oxygens (including phenoxy) is 7. The zero-order chi connectivity index (χ0) is 68.3. The van der Waals surface area contributed by atoms with Gasteiger partial charge in [0.05, 0.1) is 49.0 Å². The van der Waals surface area contributed by atoms with Crippen LogP contribution in [0, 0.1) is 49.6 Å². The topological polar surface area (TPSA) is 286 Å². The maximum atomic E-state index is 14.7. The molecule has 0 spiro atoms. The number of aliphatic hydroxyl groups is 2. The molecule has 512 valence electrons. The van der Waals surface area contributed by atoms with E-state index in [4.69, 9.17) is 33.2 Å². The first kappa shape index (κ1) is 77.9. The minimum atomic E-state index is -2.48. The summed E-state index contributed by atoms with van der Waals surface area (Å²) >= 11 is 3.96. The molecular formula is C69H99I2N3O18. The molecule has 0 aromatic heterocycles. The molecule has 3 fully saturated rings. The highest BCUT2D eigenvalue weighted by atomic mass is 127. The molecule has 23 heteroatoms. The van der Waals surface area contributed by atoms with Crippen molar-refractivity contribution in [2.75, 3.05) is 45.1 Å². The third kappa shape index (κ3) is 21.4. The third-order valence-corrected chi connectivity index (χ3v) is 20.6. The number of allylic oxidation sites excluding steroid dienone is 6. The molecule has 2 bridgehead atoms. The third-order valence-electron chi connectivity index (χ3n) is 18.4. The van der Waals surface area contributed by atoms with E-state index in [1.165, 1.54) is 25.9 Å². The number of amides is 3. The van der Waals surface area contributed by atoms with Gasteiger partial charge in [0.15, 0.2) is 5.78 Å². The van der Waals surface area contributed by atoms with Crippen LogP contribution in [0.25, 0.3) is 0 Å². The number of fused-ring (bicyclic) bond motifs is 3. The molecule has 3 amide bonds. The summed E-state index contributed by atoms with van der Waals surface area (Å²) in [5.74, 6) is -10.4. The normalized spacial score (nSPS) is 31.7. The second-order valence-corrected chi connectivity index (χ2v) is 27.9. The number of nitrogens with zero attached hydrogens (tertiary/aromatic N) is 1. The zero-order valence-corrected chi connectivity index (χ0v) is 60.2. The number of hydrogen-bond acceptors (Lipinski definition) is 18. The molecule has 5 rings (SSSR count). The molecule has 2 saturated heterocycles. The summed E-state index contributed by atoms with van der Waals surface area (Å²) in [6, 6.07) is -1.21. The van der Waals surface area contributed by atoms with Crippen LogP contribution in [0.3, 0.4) is 0 Å². The Kier molecular flexibility index (Phi) is 31.3. The number of benzene rings is 1. The number of hydrogen-bond donors (Lipinski definition) is 4. The van der Waals surface area contributed by atoms with Crippen LogP contribution in [0.2, 0.25) is 0 Å². The highest BCUT2D eigenvalue weighted by Gasteiger charge is 2.53. The van der Waals surface area contributed by atoms with Crippen LogP contribution in [0.15, 0.2) is 47.6 Å². The molecule has 4 aliphatic rings. The molecule has 0 unspecified atom stereocenters. The van der Waals surface area contributed by atoms with Crippen LogP contribution in [0.1, 0.15) is 181 Å². The second-order valence-electron chi connectivity index (χ2n) is 25.7. The van der Waals surface area contributed by atoms with Crippen LogP contribution < -0.4 is 10.6 Å². The van der Waals surface area contributed by atoms with Crippen molar-refractivity contribution in [3.8, 4) is 0 Å². The highest BCUT2D eigenvalue weighted by Crippen LogP contribution is 2.40. The molecule has 3 aliphatic heterocycles. The Hall–Kier alpha value is -4.77. The van der Waals surface area contributed by atoms with Gasteiger partial charge in [-0.15, -0.1) is 0 Å². The lowest BCUT2D eigenvalue weighted by molar-refractivity contribution is -0.265. The number of nitrogens with one attached hydrogen (secondary N) is 2. The van der Waals surface area contributed by atoms with E-state index in [9.17, 15) is 53.4 Å². The average Bonchev–Trinajstić information content (AvgIpc) is 0.888. The summed E-state index contributed by atoms with van der Waals surface area (Å²) in [7, 11) is 4.48. The van der Waals surface area contributed by atoms with Crippen molar-refractivity contribution in [2.24, 2.45) is 35.5 Å². The number of piperidine rings is 1. The van der Waals surface area contributed by atoms with Gasteiger partial charge in [-0.25, -0.2) is 9.59 Å². The minimum Gasteiger partial charge on any atom is -0.462 e. The average molecular weight is 1510 g/mol. The molecule has 4 N–H and O–H groups in total. The Balaban J connectivity index is 1.31. The Bertz CT molecular complexity index is 2880. The van der Waals surface area contributed by atoms with E-state index < -0.39 is 108 Å². The lowest BCUT2D eigenvalue weighted by Gasteiger charge is -2.42. The number of anilines is 2. The fourth-order valence-electron chi connectivity index (χ4n) is 12.9. The smallest absolute Gasteiger partial charge is 0.340 e. The van der Waals surface area contributed by atoms with Crippen LogP contribution in [0.5, 0.6) is 0 Å². The molecule has 0 radical (unpaired) electrons. The monoisotopic (exact) mass is 1510 g/mol. The fraction of sp³-hybridized carbons (Fsp3) is 0.667. The summed E-state index contributed by atoms with van der Waals surface area (Å²) in [5, 5.41) is 29.2. The number of esters is 3. The fourth-order valence-corrected chi connectivity index (χ4v) is 15.5. The lowest BCUT2D eigenvalue weighted by Crippen LogP contribution is -2.61. The number of unbranched alkanes of at least 4 members (excludes halogenated alkanes) is 2. The first-order valence-electron chi connectivity index (χ1n) is 32.4.